The van der Waals surface area contributed by atoms with E-state index in [4.69, 9.17) is 0 Å². The molecule has 0 nitrogen and oxygen atoms in total. The zero-order chi connectivity index (χ0) is 9.38. The van der Waals surface area contributed by atoms with Crippen LogP contribution >= 0.6 is 0 Å². The zero-order valence-electron chi connectivity index (χ0n) is 7.83. The van der Waals surface area contributed by atoms with Gasteiger partial charge in [-0.25, -0.2) is 0 Å². The number of fused-ring (bicyclic) bond motifs is 3. The first-order valence-electron chi connectivity index (χ1n) is 4.87. The normalized spacial score (nSPS) is 14.3. The Morgan fingerprint density at radius 3 is 2.93 bits per heavy atom. The predicted octanol–water partition coefficient (Wildman–Crippen LogP) is 3.31. The molecule has 3 rings (SSSR count). The van der Waals surface area contributed by atoms with Crippen LogP contribution < -0.4 is 0 Å². The van der Waals surface area contributed by atoms with E-state index in [1.54, 1.807) is 0 Å². The van der Waals surface area contributed by atoms with Gasteiger partial charge in [0.15, 0.2) is 0 Å². The summed E-state index contributed by atoms with van der Waals surface area (Å²) < 4.78 is 0. The van der Waals surface area contributed by atoms with Crippen LogP contribution in [0.2, 0.25) is 0 Å². The van der Waals surface area contributed by atoms with Gasteiger partial charge < -0.3 is 0 Å². The van der Waals surface area contributed by atoms with Crippen LogP contribution in [0, 0.1) is 12.5 Å². The highest BCUT2D eigenvalue weighted by molar-refractivity contribution is 5.87. The third kappa shape index (κ3) is 1.07. The Kier molecular flexibility index (Phi) is 1.66. The molecule has 0 N–H and O–H groups in total. The van der Waals surface area contributed by atoms with Crippen molar-refractivity contribution >= 4 is 10.8 Å². The number of rotatable bonds is 0. The topological polar surface area (TPSA) is 0 Å². The first-order valence-corrected chi connectivity index (χ1v) is 4.87. The second-order valence-electron chi connectivity index (χ2n) is 3.57. The van der Waals surface area contributed by atoms with Gasteiger partial charge in [-0.15, -0.1) is 0 Å². The van der Waals surface area contributed by atoms with Crippen LogP contribution in [-0.2, 0) is 6.42 Å². The monoisotopic (exact) mass is 178 g/mol. The quantitative estimate of drug-likeness (QED) is 0.580. The van der Waals surface area contributed by atoms with Crippen molar-refractivity contribution in [2.45, 2.75) is 6.42 Å². The molecular weight excluding hydrogens is 168 g/mol. The Hall–Kier alpha value is -1.56. The second kappa shape index (κ2) is 2.98. The average molecular weight is 178 g/mol. The van der Waals surface area contributed by atoms with E-state index in [1.807, 2.05) is 0 Å². The third-order valence-corrected chi connectivity index (χ3v) is 2.74. The maximum atomic E-state index is 3.16. The summed E-state index contributed by atoms with van der Waals surface area (Å²) in [5.74, 6) is 0. The SMILES string of the molecule is [C]1=CCc2c(ccc3ccccc23)[CH]1. The fourth-order valence-corrected chi connectivity index (χ4v) is 2.03. The van der Waals surface area contributed by atoms with Gasteiger partial charge in [0.25, 0.3) is 0 Å². The molecule has 0 bridgehead atoms. The maximum Gasteiger partial charge on any atom is 0.0202 e. The minimum atomic E-state index is 1.01. The summed E-state index contributed by atoms with van der Waals surface area (Å²) in [6.07, 6.45) is 8.32. The van der Waals surface area contributed by atoms with Crippen LogP contribution in [0.25, 0.3) is 10.8 Å². The lowest BCUT2D eigenvalue weighted by molar-refractivity contribution is 1.20. The first kappa shape index (κ1) is 7.81. The van der Waals surface area contributed by atoms with Crippen LogP contribution in [0.5, 0.6) is 0 Å². The molecule has 2 radical (unpaired) electrons. The minimum absolute atomic E-state index is 1.01. The highest BCUT2D eigenvalue weighted by atomic mass is 14.1. The van der Waals surface area contributed by atoms with Crippen molar-refractivity contribution in [1.82, 2.24) is 0 Å². The van der Waals surface area contributed by atoms with E-state index in [1.165, 1.54) is 21.9 Å². The van der Waals surface area contributed by atoms with Gasteiger partial charge in [-0.2, -0.15) is 0 Å². The minimum Gasteiger partial charge on any atom is -0.0759 e. The molecule has 0 aliphatic heterocycles. The summed E-state index contributed by atoms with van der Waals surface area (Å²) in [7, 11) is 0. The van der Waals surface area contributed by atoms with Gasteiger partial charge in [0, 0.05) is 6.42 Å². The molecule has 0 heteroatoms. The largest absolute Gasteiger partial charge is 0.0759 e. The molecule has 2 aromatic rings. The van der Waals surface area contributed by atoms with E-state index in [-0.39, 0.29) is 0 Å². The Morgan fingerprint density at radius 1 is 1.00 bits per heavy atom. The first-order chi connectivity index (χ1) is 6.95. The van der Waals surface area contributed by atoms with Crippen molar-refractivity contribution in [3.63, 3.8) is 0 Å². The molecule has 0 saturated carbocycles. The van der Waals surface area contributed by atoms with Crippen molar-refractivity contribution < 1.29 is 0 Å². The Morgan fingerprint density at radius 2 is 1.93 bits per heavy atom. The van der Waals surface area contributed by atoms with Gasteiger partial charge in [0.2, 0.25) is 0 Å². The summed E-state index contributed by atoms with van der Waals surface area (Å²) in [4.78, 5) is 0. The molecule has 66 valence electrons. The second-order valence-corrected chi connectivity index (χ2v) is 3.57. The van der Waals surface area contributed by atoms with Crippen LogP contribution in [0.3, 0.4) is 0 Å². The Labute approximate surface area is 83.9 Å². The molecule has 0 unspecified atom stereocenters. The van der Waals surface area contributed by atoms with E-state index in [0.29, 0.717) is 0 Å². The molecule has 1 aliphatic rings. The number of allylic oxidation sites excluding steroid dienone is 2. The van der Waals surface area contributed by atoms with Gasteiger partial charge in [0.1, 0.15) is 0 Å². The fourth-order valence-electron chi connectivity index (χ4n) is 2.03. The van der Waals surface area contributed by atoms with Crippen molar-refractivity contribution in [2.75, 3.05) is 0 Å². The molecule has 2 aromatic carbocycles. The van der Waals surface area contributed by atoms with Crippen molar-refractivity contribution in [2.24, 2.45) is 0 Å². The standard InChI is InChI=1S/C14H10/c1-3-7-13-11(5-1)9-10-12-6-2-4-8-14(12)13/h1,3-7,9-10H,8H2. The Balaban J connectivity index is 2.37. The van der Waals surface area contributed by atoms with Crippen molar-refractivity contribution in [3.8, 4) is 0 Å². The van der Waals surface area contributed by atoms with Crippen LogP contribution in [0.1, 0.15) is 11.1 Å². The van der Waals surface area contributed by atoms with E-state index in [9.17, 15) is 0 Å². The van der Waals surface area contributed by atoms with Gasteiger partial charge >= 0.3 is 0 Å². The molecule has 0 heterocycles. The van der Waals surface area contributed by atoms with E-state index in [0.717, 1.165) is 6.42 Å². The zero-order valence-corrected chi connectivity index (χ0v) is 7.83. The van der Waals surface area contributed by atoms with E-state index < -0.39 is 0 Å². The van der Waals surface area contributed by atoms with Gasteiger partial charge in [-0.3, -0.25) is 0 Å². The molecule has 0 spiro atoms. The van der Waals surface area contributed by atoms with Crippen molar-refractivity contribution in [3.05, 3.63) is 66.1 Å². The number of hydrogen-bond donors (Lipinski definition) is 0. The summed E-state index contributed by atoms with van der Waals surface area (Å²) in [5, 5.41) is 2.70. The summed E-state index contributed by atoms with van der Waals surface area (Å²) in [6.45, 7) is 0. The smallest absolute Gasteiger partial charge is 0.0202 e. The molecule has 0 amide bonds. The molecular formula is C14H10. The number of hydrogen-bond acceptors (Lipinski definition) is 0. The average Bonchev–Trinajstić information content (AvgIpc) is 2.29. The molecule has 0 saturated heterocycles. The van der Waals surface area contributed by atoms with Crippen molar-refractivity contribution in [1.29, 1.82) is 0 Å². The summed E-state index contributed by atoms with van der Waals surface area (Å²) in [6, 6.07) is 12.9. The summed E-state index contributed by atoms with van der Waals surface area (Å²) >= 11 is 0. The molecule has 14 heavy (non-hydrogen) atoms. The molecule has 0 fully saturated rings. The fraction of sp³-hybridized carbons (Fsp3) is 0.0714. The Bertz CT molecular complexity index is 506. The molecule has 0 atom stereocenters. The molecule has 0 aromatic heterocycles. The maximum absolute atomic E-state index is 3.16. The van der Waals surface area contributed by atoms with Gasteiger partial charge in [-0.1, -0.05) is 42.5 Å². The summed E-state index contributed by atoms with van der Waals surface area (Å²) in [5.41, 5.74) is 2.74. The lowest BCUT2D eigenvalue weighted by Crippen LogP contribution is -1.96. The molecule has 1 aliphatic carbocycles. The lowest BCUT2D eigenvalue weighted by Gasteiger charge is -2.12. The van der Waals surface area contributed by atoms with Crippen LogP contribution in [-0.4, -0.2) is 0 Å². The number of benzene rings is 2. The predicted molar refractivity (Wildman–Crippen MR) is 58.9 cm³/mol. The van der Waals surface area contributed by atoms with Gasteiger partial charge in [0.05, 0.1) is 0 Å². The lowest BCUT2D eigenvalue weighted by atomic mass is 9.92. The highest BCUT2D eigenvalue weighted by Crippen LogP contribution is 2.26. The van der Waals surface area contributed by atoms with Crippen LogP contribution in [0.15, 0.2) is 42.5 Å². The van der Waals surface area contributed by atoms with Gasteiger partial charge in [-0.05, 0) is 34.4 Å². The third-order valence-electron chi connectivity index (χ3n) is 2.74. The van der Waals surface area contributed by atoms with E-state index in [2.05, 4.69) is 55.0 Å². The van der Waals surface area contributed by atoms with E-state index >= 15 is 0 Å². The van der Waals surface area contributed by atoms with Crippen LogP contribution in [0.4, 0.5) is 0 Å². The highest BCUT2D eigenvalue weighted by Gasteiger charge is 2.08.